The van der Waals surface area contributed by atoms with Crippen molar-refractivity contribution in [2.45, 2.75) is 27.2 Å². The molecule has 1 aliphatic heterocycles. The van der Waals surface area contributed by atoms with Crippen molar-refractivity contribution in [2.24, 2.45) is 11.8 Å². The summed E-state index contributed by atoms with van der Waals surface area (Å²) in [5.74, 6) is -0.00208. The van der Waals surface area contributed by atoms with Gasteiger partial charge in [0.2, 0.25) is 17.7 Å². The minimum atomic E-state index is -0.137. The monoisotopic (exact) mass is 295 g/mol. The Morgan fingerprint density at radius 2 is 1.48 bits per heavy atom. The van der Waals surface area contributed by atoms with E-state index in [-0.39, 0.29) is 29.6 Å². The molecule has 2 unspecified atom stereocenters. The van der Waals surface area contributed by atoms with Gasteiger partial charge in [0, 0.05) is 46.2 Å². The van der Waals surface area contributed by atoms with Crippen LogP contribution in [0.1, 0.15) is 27.2 Å². The third kappa shape index (κ3) is 3.36. The molecule has 6 heteroatoms. The molecule has 118 valence electrons. The number of carbonyl (C=O) groups is 3. The van der Waals surface area contributed by atoms with Crippen LogP contribution in [0.4, 0.5) is 0 Å². The Morgan fingerprint density at radius 1 is 0.952 bits per heavy atom. The van der Waals surface area contributed by atoms with Gasteiger partial charge >= 0.3 is 0 Å². The molecule has 3 amide bonds. The quantitative estimate of drug-likeness (QED) is 0.743. The van der Waals surface area contributed by atoms with E-state index in [0.717, 1.165) is 0 Å². The largest absolute Gasteiger partial charge is 0.343 e. The fourth-order valence-electron chi connectivity index (χ4n) is 2.99. The van der Waals surface area contributed by atoms with Gasteiger partial charge in [0.15, 0.2) is 0 Å². The van der Waals surface area contributed by atoms with E-state index in [1.54, 1.807) is 21.6 Å². The molecule has 21 heavy (non-hydrogen) atoms. The zero-order valence-corrected chi connectivity index (χ0v) is 13.2. The lowest BCUT2D eigenvalue weighted by Gasteiger charge is -2.34. The fourth-order valence-corrected chi connectivity index (χ4v) is 2.99. The van der Waals surface area contributed by atoms with Gasteiger partial charge in [-0.25, -0.2) is 0 Å². The van der Waals surface area contributed by atoms with Crippen LogP contribution in [-0.4, -0.2) is 71.7 Å². The van der Waals surface area contributed by atoms with Crippen LogP contribution in [0.25, 0.3) is 0 Å². The smallest absolute Gasteiger partial charge is 0.226 e. The Hall–Kier alpha value is -1.59. The predicted octanol–water partition coefficient (Wildman–Crippen LogP) is 0.182. The highest BCUT2D eigenvalue weighted by Crippen LogP contribution is 2.41. The van der Waals surface area contributed by atoms with Crippen molar-refractivity contribution in [1.29, 1.82) is 0 Å². The van der Waals surface area contributed by atoms with E-state index < -0.39 is 0 Å². The minimum absolute atomic E-state index is 0.0584. The summed E-state index contributed by atoms with van der Waals surface area (Å²) >= 11 is 0. The van der Waals surface area contributed by atoms with Gasteiger partial charge in [-0.1, -0.05) is 0 Å². The lowest BCUT2D eigenvalue weighted by Crippen LogP contribution is -2.50. The molecule has 1 saturated carbocycles. The van der Waals surface area contributed by atoms with E-state index in [9.17, 15) is 14.4 Å². The SMILES string of the molecule is CCN(CC)C(=O)C1CC1C(=O)N1CCN(C(C)=O)CC1. The summed E-state index contributed by atoms with van der Waals surface area (Å²) in [5.41, 5.74) is 0. The number of piperazine rings is 1. The molecule has 0 bridgehead atoms. The Bertz CT molecular complexity index is 426. The van der Waals surface area contributed by atoms with Crippen LogP contribution in [0.5, 0.6) is 0 Å². The van der Waals surface area contributed by atoms with Gasteiger partial charge in [0.1, 0.15) is 0 Å². The van der Waals surface area contributed by atoms with E-state index in [4.69, 9.17) is 0 Å². The molecule has 2 rings (SSSR count). The molecule has 2 atom stereocenters. The summed E-state index contributed by atoms with van der Waals surface area (Å²) < 4.78 is 0. The van der Waals surface area contributed by atoms with Gasteiger partial charge < -0.3 is 14.7 Å². The first-order valence-corrected chi connectivity index (χ1v) is 7.82. The number of hydrogen-bond acceptors (Lipinski definition) is 3. The zero-order chi connectivity index (χ0) is 15.6. The highest BCUT2D eigenvalue weighted by atomic mass is 16.2. The van der Waals surface area contributed by atoms with Crippen molar-refractivity contribution < 1.29 is 14.4 Å². The average molecular weight is 295 g/mol. The van der Waals surface area contributed by atoms with Crippen LogP contribution in [0.3, 0.4) is 0 Å². The minimum Gasteiger partial charge on any atom is -0.343 e. The maximum Gasteiger partial charge on any atom is 0.226 e. The highest BCUT2D eigenvalue weighted by molar-refractivity contribution is 5.92. The first-order valence-electron chi connectivity index (χ1n) is 7.82. The predicted molar refractivity (Wildman–Crippen MR) is 78.4 cm³/mol. The number of amides is 3. The molecule has 1 aliphatic carbocycles. The van der Waals surface area contributed by atoms with Gasteiger partial charge in [0.25, 0.3) is 0 Å². The Balaban J connectivity index is 1.84. The van der Waals surface area contributed by atoms with Crippen molar-refractivity contribution in [3.05, 3.63) is 0 Å². The topological polar surface area (TPSA) is 60.9 Å². The number of rotatable bonds is 4. The molecule has 1 heterocycles. The second-order valence-electron chi connectivity index (χ2n) is 5.79. The molecular weight excluding hydrogens is 270 g/mol. The first kappa shape index (κ1) is 15.8. The van der Waals surface area contributed by atoms with Gasteiger partial charge in [-0.15, -0.1) is 0 Å². The molecule has 1 saturated heterocycles. The zero-order valence-electron chi connectivity index (χ0n) is 13.2. The standard InChI is InChI=1S/C15H25N3O3/c1-4-16(5-2)14(20)12-10-13(12)15(21)18-8-6-17(7-9-18)11(3)19/h12-13H,4-10H2,1-3H3. The van der Waals surface area contributed by atoms with Crippen molar-refractivity contribution in [1.82, 2.24) is 14.7 Å². The van der Waals surface area contributed by atoms with Gasteiger partial charge in [-0.2, -0.15) is 0 Å². The molecule has 2 aliphatic rings. The van der Waals surface area contributed by atoms with Crippen LogP contribution in [-0.2, 0) is 14.4 Å². The maximum atomic E-state index is 12.4. The Morgan fingerprint density at radius 3 is 1.95 bits per heavy atom. The van der Waals surface area contributed by atoms with Gasteiger partial charge in [-0.3, -0.25) is 14.4 Å². The fraction of sp³-hybridized carbons (Fsp3) is 0.800. The van der Waals surface area contributed by atoms with Crippen molar-refractivity contribution in [2.75, 3.05) is 39.3 Å². The third-order valence-corrected chi connectivity index (χ3v) is 4.54. The molecule has 6 nitrogen and oxygen atoms in total. The number of nitrogens with zero attached hydrogens (tertiary/aromatic N) is 3. The van der Waals surface area contributed by atoms with Crippen LogP contribution < -0.4 is 0 Å². The summed E-state index contributed by atoms with van der Waals surface area (Å²) in [5, 5.41) is 0. The van der Waals surface area contributed by atoms with Crippen LogP contribution in [0.2, 0.25) is 0 Å². The second kappa shape index (κ2) is 6.45. The molecule has 0 aromatic heterocycles. The van der Waals surface area contributed by atoms with Crippen LogP contribution in [0.15, 0.2) is 0 Å². The van der Waals surface area contributed by atoms with Crippen molar-refractivity contribution >= 4 is 17.7 Å². The Kier molecular flexibility index (Phi) is 4.85. The van der Waals surface area contributed by atoms with Crippen LogP contribution >= 0.6 is 0 Å². The van der Waals surface area contributed by atoms with Crippen molar-refractivity contribution in [3.63, 3.8) is 0 Å². The van der Waals surface area contributed by atoms with Crippen LogP contribution in [0, 0.1) is 11.8 Å². The molecule has 0 aromatic rings. The molecular formula is C15H25N3O3. The summed E-state index contributed by atoms with van der Waals surface area (Å²) in [4.78, 5) is 41.2. The first-order chi connectivity index (χ1) is 9.99. The lowest BCUT2D eigenvalue weighted by molar-refractivity contribution is -0.141. The molecule has 0 N–H and O–H groups in total. The summed E-state index contributed by atoms with van der Waals surface area (Å²) in [6.45, 7) is 9.24. The maximum absolute atomic E-state index is 12.4. The Labute approximate surface area is 126 Å². The molecule has 0 spiro atoms. The van der Waals surface area contributed by atoms with E-state index in [1.807, 2.05) is 13.8 Å². The van der Waals surface area contributed by atoms with E-state index >= 15 is 0 Å². The van der Waals surface area contributed by atoms with Crippen molar-refractivity contribution in [3.8, 4) is 0 Å². The van der Waals surface area contributed by atoms with E-state index in [1.165, 1.54) is 0 Å². The van der Waals surface area contributed by atoms with E-state index in [2.05, 4.69) is 0 Å². The third-order valence-electron chi connectivity index (χ3n) is 4.54. The van der Waals surface area contributed by atoms with Gasteiger partial charge in [0.05, 0.1) is 11.8 Å². The average Bonchev–Trinajstić information content (AvgIpc) is 3.28. The van der Waals surface area contributed by atoms with Gasteiger partial charge in [-0.05, 0) is 20.3 Å². The number of hydrogen-bond donors (Lipinski definition) is 0. The van der Waals surface area contributed by atoms with E-state index in [0.29, 0.717) is 45.7 Å². The summed E-state index contributed by atoms with van der Waals surface area (Å²) in [6, 6.07) is 0. The highest BCUT2D eigenvalue weighted by Gasteiger charge is 2.50. The summed E-state index contributed by atoms with van der Waals surface area (Å²) in [7, 11) is 0. The normalized spacial score (nSPS) is 24.7. The summed E-state index contributed by atoms with van der Waals surface area (Å²) in [6.07, 6.45) is 0.682. The second-order valence-corrected chi connectivity index (χ2v) is 5.79. The molecule has 2 fully saturated rings. The number of carbonyl (C=O) groups excluding carboxylic acids is 3. The molecule has 0 radical (unpaired) electrons. The molecule has 0 aromatic carbocycles. The lowest BCUT2D eigenvalue weighted by atomic mass is 10.2.